The van der Waals surface area contributed by atoms with E-state index < -0.39 is 0 Å². The van der Waals surface area contributed by atoms with Crippen LogP contribution in [0.4, 0.5) is 0 Å². The van der Waals surface area contributed by atoms with Gasteiger partial charge in [-0.1, -0.05) is 98.8 Å². The number of nitrogens with zero attached hydrogens (tertiary/aromatic N) is 1. The Labute approximate surface area is 202 Å². The van der Waals surface area contributed by atoms with Crippen molar-refractivity contribution in [2.24, 2.45) is 0 Å². The summed E-state index contributed by atoms with van der Waals surface area (Å²) in [6, 6.07) is 30.8. The third-order valence-corrected chi connectivity index (χ3v) is 6.53. The van der Waals surface area contributed by atoms with Gasteiger partial charge >= 0.3 is 0 Å². The molecule has 3 heteroatoms. The summed E-state index contributed by atoms with van der Waals surface area (Å²) in [7, 11) is 0. The molecule has 0 bridgehead atoms. The van der Waals surface area contributed by atoms with Gasteiger partial charge in [-0.3, -0.25) is 4.79 Å². The lowest BCUT2D eigenvalue weighted by Crippen LogP contribution is -2.26. The van der Waals surface area contributed by atoms with Crippen LogP contribution in [0.5, 0.6) is 0 Å². The summed E-state index contributed by atoms with van der Waals surface area (Å²) in [5, 5.41) is 10.1. The number of ketones is 1. The summed E-state index contributed by atoms with van der Waals surface area (Å²) in [5.74, 6) is 1.15. The van der Waals surface area contributed by atoms with E-state index >= 15 is 0 Å². The van der Waals surface area contributed by atoms with Crippen molar-refractivity contribution in [1.29, 1.82) is 5.26 Å². The average molecular weight is 450 g/mol. The van der Waals surface area contributed by atoms with Crippen molar-refractivity contribution in [3.05, 3.63) is 113 Å². The van der Waals surface area contributed by atoms with E-state index in [1.807, 2.05) is 48.5 Å². The third kappa shape index (κ3) is 5.64. The highest BCUT2D eigenvalue weighted by molar-refractivity contribution is 5.80. The molecule has 0 saturated carbocycles. The van der Waals surface area contributed by atoms with Crippen LogP contribution in [0.2, 0.25) is 0 Å². The van der Waals surface area contributed by atoms with Crippen LogP contribution in [-0.2, 0) is 16.0 Å². The first-order valence-corrected chi connectivity index (χ1v) is 12.1. The molecule has 172 valence electrons. The first-order chi connectivity index (χ1) is 16.5. The van der Waals surface area contributed by atoms with Gasteiger partial charge in [0.1, 0.15) is 17.6 Å². The molecule has 3 nitrogen and oxygen atoms in total. The molecule has 0 radical (unpaired) electrons. The van der Waals surface area contributed by atoms with E-state index in [4.69, 9.17) is 4.74 Å². The molecular formula is C31H31NO2. The summed E-state index contributed by atoms with van der Waals surface area (Å²) >= 11 is 0. The van der Waals surface area contributed by atoms with Crippen LogP contribution >= 0.6 is 0 Å². The van der Waals surface area contributed by atoms with Crippen molar-refractivity contribution in [2.75, 3.05) is 0 Å². The highest BCUT2D eigenvalue weighted by Crippen LogP contribution is 2.41. The topological polar surface area (TPSA) is 50.1 Å². The molecule has 0 aliphatic carbocycles. The lowest BCUT2D eigenvalue weighted by molar-refractivity contribution is -0.121. The van der Waals surface area contributed by atoms with E-state index in [2.05, 4.69) is 56.3 Å². The second-order valence-corrected chi connectivity index (χ2v) is 9.30. The monoisotopic (exact) mass is 449 g/mol. The highest BCUT2D eigenvalue weighted by atomic mass is 16.5. The number of carbonyl (C=O) groups is 1. The van der Waals surface area contributed by atoms with Crippen LogP contribution in [0.3, 0.4) is 0 Å². The van der Waals surface area contributed by atoms with Gasteiger partial charge in [-0.25, -0.2) is 0 Å². The van der Waals surface area contributed by atoms with E-state index in [-0.39, 0.29) is 17.8 Å². The van der Waals surface area contributed by atoms with E-state index in [9.17, 15) is 10.1 Å². The molecule has 34 heavy (non-hydrogen) atoms. The zero-order chi connectivity index (χ0) is 23.9. The van der Waals surface area contributed by atoms with Gasteiger partial charge in [0.05, 0.1) is 11.6 Å². The lowest BCUT2D eigenvalue weighted by atomic mass is 9.81. The molecule has 1 aliphatic heterocycles. The number of hydrogen-bond acceptors (Lipinski definition) is 3. The number of Topliss-reactive ketones (excluding diaryl/α,β-unsaturated/α-hetero) is 1. The standard InChI is InChI=1S/C31H31NO2/c1-22(2)24-14-16-25(17-15-24)29-20-28(19-27(33)18-13-23-9-5-3-6-10-23)34-31(30(29)21-32)26-11-7-4-8-12-26/h3-12,14-17,22,28-29H,13,18-20H2,1-2H3/t28-,29-/m1/s1. The van der Waals surface area contributed by atoms with Crippen molar-refractivity contribution in [3.63, 3.8) is 0 Å². The van der Waals surface area contributed by atoms with Gasteiger partial charge in [-0.05, 0) is 35.4 Å². The molecule has 3 aromatic rings. The number of hydrogen-bond donors (Lipinski definition) is 0. The number of benzene rings is 3. The zero-order valence-corrected chi connectivity index (χ0v) is 19.9. The Bertz CT molecular complexity index is 1170. The molecule has 3 aromatic carbocycles. The number of ether oxygens (including phenoxy) is 1. The van der Waals surface area contributed by atoms with Crippen LogP contribution in [0.15, 0.2) is 90.5 Å². The maximum Gasteiger partial charge on any atom is 0.141 e. The molecule has 0 fully saturated rings. The van der Waals surface area contributed by atoms with Crippen molar-refractivity contribution in [1.82, 2.24) is 0 Å². The van der Waals surface area contributed by atoms with Crippen LogP contribution in [0, 0.1) is 11.3 Å². The Morgan fingerprint density at radius 3 is 2.24 bits per heavy atom. The lowest BCUT2D eigenvalue weighted by Gasteiger charge is -2.32. The number of carbonyl (C=O) groups excluding carboxylic acids is 1. The average Bonchev–Trinajstić information content (AvgIpc) is 2.88. The van der Waals surface area contributed by atoms with Gasteiger partial charge in [-0.2, -0.15) is 5.26 Å². The molecule has 4 rings (SSSR count). The first-order valence-electron chi connectivity index (χ1n) is 12.1. The Hall–Kier alpha value is -3.64. The minimum atomic E-state index is -0.259. The summed E-state index contributed by atoms with van der Waals surface area (Å²) < 4.78 is 6.35. The first kappa shape index (κ1) is 23.5. The number of aryl methyl sites for hydroxylation is 1. The predicted molar refractivity (Wildman–Crippen MR) is 136 cm³/mol. The van der Waals surface area contributed by atoms with E-state index in [0.29, 0.717) is 36.5 Å². The maximum atomic E-state index is 12.9. The quantitative estimate of drug-likeness (QED) is 0.365. The second-order valence-electron chi connectivity index (χ2n) is 9.30. The predicted octanol–water partition coefficient (Wildman–Crippen LogP) is 7.21. The fraction of sp³-hybridized carbons (Fsp3) is 0.290. The Morgan fingerprint density at radius 2 is 1.62 bits per heavy atom. The van der Waals surface area contributed by atoms with Gasteiger partial charge in [0.15, 0.2) is 0 Å². The molecule has 0 saturated heterocycles. The van der Waals surface area contributed by atoms with Crippen molar-refractivity contribution in [2.45, 2.75) is 57.5 Å². The van der Waals surface area contributed by atoms with Gasteiger partial charge in [0, 0.05) is 24.3 Å². The van der Waals surface area contributed by atoms with E-state index in [1.54, 1.807) is 0 Å². The van der Waals surface area contributed by atoms with Crippen LogP contribution in [0.1, 0.15) is 67.2 Å². The fourth-order valence-electron chi connectivity index (χ4n) is 4.58. The van der Waals surface area contributed by atoms with Crippen molar-refractivity contribution in [3.8, 4) is 6.07 Å². The summed E-state index contributed by atoms with van der Waals surface area (Å²) in [6.07, 6.45) is 1.94. The Kier molecular flexibility index (Phi) is 7.60. The number of rotatable bonds is 8. The van der Waals surface area contributed by atoms with Gasteiger partial charge in [0.2, 0.25) is 0 Å². The SMILES string of the molecule is CC(C)c1ccc([C@H]2C[C@@H](CC(=O)CCc3ccccc3)OC(c3ccccc3)=C2C#N)cc1. The summed E-state index contributed by atoms with van der Waals surface area (Å²) in [5.41, 5.74) is 5.05. The highest BCUT2D eigenvalue weighted by Gasteiger charge is 2.33. The normalized spacial score (nSPS) is 17.8. The van der Waals surface area contributed by atoms with Crippen LogP contribution < -0.4 is 0 Å². The molecular weight excluding hydrogens is 418 g/mol. The summed E-state index contributed by atoms with van der Waals surface area (Å²) in [6.45, 7) is 4.35. The zero-order valence-electron chi connectivity index (χ0n) is 19.9. The second kappa shape index (κ2) is 11.0. The van der Waals surface area contributed by atoms with E-state index in [1.165, 1.54) is 11.1 Å². The van der Waals surface area contributed by atoms with Crippen LogP contribution in [0.25, 0.3) is 5.76 Å². The van der Waals surface area contributed by atoms with Gasteiger partial charge < -0.3 is 4.74 Å². The largest absolute Gasteiger partial charge is 0.488 e. The third-order valence-electron chi connectivity index (χ3n) is 6.53. The molecule has 2 atom stereocenters. The molecule has 0 N–H and O–H groups in total. The van der Waals surface area contributed by atoms with Crippen LogP contribution in [-0.4, -0.2) is 11.9 Å². The van der Waals surface area contributed by atoms with E-state index in [0.717, 1.165) is 17.5 Å². The molecule has 1 aliphatic rings. The number of allylic oxidation sites excluding steroid dienone is 1. The van der Waals surface area contributed by atoms with Gasteiger partial charge in [-0.15, -0.1) is 0 Å². The molecule has 0 amide bonds. The maximum absolute atomic E-state index is 12.9. The molecule has 0 spiro atoms. The Balaban J connectivity index is 1.59. The minimum absolute atomic E-state index is 0.0953. The minimum Gasteiger partial charge on any atom is -0.488 e. The van der Waals surface area contributed by atoms with Crippen molar-refractivity contribution >= 4 is 11.5 Å². The fourth-order valence-corrected chi connectivity index (χ4v) is 4.58. The molecule has 1 heterocycles. The molecule has 0 unspecified atom stereocenters. The smallest absolute Gasteiger partial charge is 0.141 e. The molecule has 0 aromatic heterocycles. The Morgan fingerprint density at radius 1 is 0.971 bits per heavy atom. The van der Waals surface area contributed by atoms with Gasteiger partial charge in [0.25, 0.3) is 0 Å². The number of nitriles is 1. The van der Waals surface area contributed by atoms with Crippen molar-refractivity contribution < 1.29 is 9.53 Å². The summed E-state index contributed by atoms with van der Waals surface area (Å²) in [4.78, 5) is 12.9.